The molecule has 0 radical (unpaired) electrons. The molecule has 5 rings (SSSR count). The average molecular weight is 529 g/mol. The molecule has 204 valence electrons. The fraction of sp³-hybridized carbons (Fsp3) is 0.500. The van der Waals surface area contributed by atoms with Crippen LogP contribution in [0.4, 0.5) is 8.78 Å². The highest BCUT2D eigenvalue weighted by Crippen LogP contribution is 2.37. The number of pyridine rings is 1. The van der Waals surface area contributed by atoms with Gasteiger partial charge in [0.1, 0.15) is 28.5 Å². The maximum Gasteiger partial charge on any atom is 0.387 e. The summed E-state index contributed by atoms with van der Waals surface area (Å²) in [7, 11) is 1.39. The molecule has 1 atom stereocenters. The van der Waals surface area contributed by atoms with Crippen LogP contribution in [0, 0.1) is 0 Å². The van der Waals surface area contributed by atoms with Crippen LogP contribution in [-0.4, -0.2) is 65.2 Å². The monoisotopic (exact) mass is 528 g/mol. The smallest absolute Gasteiger partial charge is 0.387 e. The third-order valence-electron chi connectivity index (χ3n) is 7.23. The molecule has 1 N–H and O–H groups in total. The number of benzene rings is 1. The number of nitrogens with zero attached hydrogens (tertiary/aromatic N) is 3. The normalized spacial score (nSPS) is 17.9. The van der Waals surface area contributed by atoms with E-state index in [0.717, 1.165) is 31.6 Å². The van der Waals surface area contributed by atoms with Gasteiger partial charge in [0.05, 0.1) is 25.6 Å². The summed E-state index contributed by atoms with van der Waals surface area (Å²) in [4.78, 5) is 19.8. The first kappa shape index (κ1) is 26.2. The number of halogens is 2. The highest BCUT2D eigenvalue weighted by Gasteiger charge is 2.29. The average Bonchev–Trinajstić information content (AvgIpc) is 3.39. The Balaban J connectivity index is 1.37. The zero-order chi connectivity index (χ0) is 26.8. The van der Waals surface area contributed by atoms with Gasteiger partial charge in [-0.1, -0.05) is 0 Å². The van der Waals surface area contributed by atoms with Crippen molar-refractivity contribution in [3.05, 3.63) is 42.2 Å². The minimum Gasteiger partial charge on any atom is -0.496 e. The van der Waals surface area contributed by atoms with Gasteiger partial charge in [0, 0.05) is 36.0 Å². The summed E-state index contributed by atoms with van der Waals surface area (Å²) in [6.45, 7) is 3.13. The second-order valence-corrected chi connectivity index (χ2v) is 10.2. The van der Waals surface area contributed by atoms with Crippen molar-refractivity contribution in [2.24, 2.45) is 0 Å². The summed E-state index contributed by atoms with van der Waals surface area (Å²) in [6.07, 6.45) is 8.60. The van der Waals surface area contributed by atoms with E-state index in [4.69, 9.17) is 14.2 Å². The first-order valence-electron chi connectivity index (χ1n) is 13.2. The number of carbonyl (C=O) groups is 1. The fourth-order valence-corrected chi connectivity index (χ4v) is 5.22. The number of amides is 1. The minimum absolute atomic E-state index is 0.0498. The molecule has 0 bridgehead atoms. The quantitative estimate of drug-likeness (QED) is 0.371. The van der Waals surface area contributed by atoms with E-state index in [-0.39, 0.29) is 23.1 Å². The highest BCUT2D eigenvalue weighted by molar-refractivity contribution is 6.01. The van der Waals surface area contributed by atoms with Crippen molar-refractivity contribution in [3.63, 3.8) is 0 Å². The zero-order valence-electron chi connectivity index (χ0n) is 22.0. The lowest BCUT2D eigenvalue weighted by atomic mass is 10.1. The van der Waals surface area contributed by atoms with Crippen LogP contribution < -0.4 is 19.5 Å². The fourth-order valence-electron chi connectivity index (χ4n) is 5.22. The number of hydrogen-bond acceptors (Lipinski definition) is 6. The lowest BCUT2D eigenvalue weighted by Gasteiger charge is -2.28. The van der Waals surface area contributed by atoms with Gasteiger partial charge in [-0.25, -0.2) is 4.98 Å². The lowest BCUT2D eigenvalue weighted by molar-refractivity contribution is -0.0502. The molecule has 1 aliphatic carbocycles. The van der Waals surface area contributed by atoms with Crippen LogP contribution >= 0.6 is 0 Å². The second-order valence-electron chi connectivity index (χ2n) is 10.2. The molecule has 3 aromatic rings. The Morgan fingerprint density at radius 1 is 1.18 bits per heavy atom. The number of alkyl halides is 2. The van der Waals surface area contributed by atoms with E-state index < -0.39 is 12.5 Å². The second kappa shape index (κ2) is 11.1. The molecule has 10 heteroatoms. The van der Waals surface area contributed by atoms with Crippen LogP contribution in [0.2, 0.25) is 0 Å². The Hall–Kier alpha value is -3.40. The number of likely N-dealkylation sites (tertiary alicyclic amines) is 1. The Morgan fingerprint density at radius 2 is 1.97 bits per heavy atom. The number of rotatable bonds is 11. The molecule has 1 saturated heterocycles. The number of carbonyl (C=O) groups excluding carboxylic acids is 1. The van der Waals surface area contributed by atoms with Crippen molar-refractivity contribution in [2.45, 2.75) is 70.7 Å². The number of aromatic nitrogens is 2. The number of fused-ring (bicyclic) bond motifs is 1. The van der Waals surface area contributed by atoms with E-state index in [0.29, 0.717) is 35.6 Å². The predicted molar refractivity (Wildman–Crippen MR) is 139 cm³/mol. The van der Waals surface area contributed by atoms with E-state index in [1.165, 1.54) is 26.0 Å². The molecule has 1 amide bonds. The van der Waals surface area contributed by atoms with Gasteiger partial charge in [-0.2, -0.15) is 8.78 Å². The van der Waals surface area contributed by atoms with Crippen molar-refractivity contribution in [1.29, 1.82) is 0 Å². The van der Waals surface area contributed by atoms with Crippen molar-refractivity contribution < 1.29 is 27.8 Å². The van der Waals surface area contributed by atoms with E-state index in [2.05, 4.69) is 29.0 Å². The van der Waals surface area contributed by atoms with Crippen LogP contribution in [0.25, 0.3) is 16.9 Å². The molecule has 1 aromatic carbocycles. The third-order valence-corrected chi connectivity index (χ3v) is 7.23. The molecule has 8 nitrogen and oxygen atoms in total. The van der Waals surface area contributed by atoms with E-state index in [1.54, 1.807) is 12.3 Å². The molecule has 2 fully saturated rings. The molecule has 1 saturated carbocycles. The van der Waals surface area contributed by atoms with E-state index in [1.807, 2.05) is 22.7 Å². The van der Waals surface area contributed by atoms with Gasteiger partial charge < -0.3 is 19.5 Å². The third kappa shape index (κ3) is 5.70. The highest BCUT2D eigenvalue weighted by atomic mass is 19.3. The number of methoxy groups -OCH3 is 1. The summed E-state index contributed by atoms with van der Waals surface area (Å²) in [6, 6.07) is 7.90. The maximum absolute atomic E-state index is 13.3. The molecule has 3 heterocycles. The Labute approximate surface area is 220 Å². The van der Waals surface area contributed by atoms with Crippen LogP contribution in [0.1, 0.15) is 56.3 Å². The van der Waals surface area contributed by atoms with E-state index >= 15 is 0 Å². The van der Waals surface area contributed by atoms with Gasteiger partial charge in [0.15, 0.2) is 0 Å². The van der Waals surface area contributed by atoms with Gasteiger partial charge >= 0.3 is 6.61 Å². The first-order valence-corrected chi connectivity index (χ1v) is 13.2. The number of ether oxygens (including phenoxy) is 3. The van der Waals surface area contributed by atoms with Gasteiger partial charge in [-0.05, 0) is 70.7 Å². The van der Waals surface area contributed by atoms with Gasteiger partial charge in [-0.3, -0.25) is 14.1 Å². The number of nitrogens with one attached hydrogen (secondary N) is 1. The standard InChI is InChI=1S/C28H34F2N4O4/c1-17(2)33-10-4-5-20(33)9-12-37-21-8-11-34-22(16-31-25(34)15-21)18-13-23(36-3)26(24(14-18)38-28(29)30)27(35)32-19-6-7-19/h8,11,13-17,19-20,28H,4-7,9-10,12H2,1-3H3,(H,32,35). The summed E-state index contributed by atoms with van der Waals surface area (Å²) in [5.74, 6) is 0.119. The molecule has 1 aliphatic heterocycles. The first-order chi connectivity index (χ1) is 18.3. The van der Waals surface area contributed by atoms with Crippen molar-refractivity contribution in [2.75, 3.05) is 20.3 Å². The topological polar surface area (TPSA) is 77.3 Å². The summed E-state index contributed by atoms with van der Waals surface area (Å²) >= 11 is 0. The Morgan fingerprint density at radius 3 is 2.68 bits per heavy atom. The number of imidazole rings is 1. The molecule has 0 spiro atoms. The van der Waals surface area contributed by atoms with Crippen LogP contribution in [0.5, 0.6) is 17.2 Å². The minimum atomic E-state index is -3.10. The van der Waals surface area contributed by atoms with Crippen molar-refractivity contribution >= 4 is 11.6 Å². The van der Waals surface area contributed by atoms with Crippen LogP contribution in [0.15, 0.2) is 36.7 Å². The molecule has 38 heavy (non-hydrogen) atoms. The molecular formula is C28H34F2N4O4. The predicted octanol–water partition coefficient (Wildman–Crippen LogP) is 5.15. The Bertz CT molecular complexity index is 1290. The van der Waals surface area contributed by atoms with Crippen molar-refractivity contribution in [1.82, 2.24) is 19.6 Å². The number of hydrogen-bond donors (Lipinski definition) is 1. The maximum atomic E-state index is 13.3. The van der Waals surface area contributed by atoms with Gasteiger partial charge in [-0.15, -0.1) is 0 Å². The molecule has 2 aromatic heterocycles. The van der Waals surface area contributed by atoms with Crippen LogP contribution in [-0.2, 0) is 0 Å². The Kier molecular flexibility index (Phi) is 7.69. The van der Waals surface area contributed by atoms with E-state index in [9.17, 15) is 13.6 Å². The lowest BCUT2D eigenvalue weighted by Crippen LogP contribution is -2.36. The summed E-state index contributed by atoms with van der Waals surface area (Å²) in [5.41, 5.74) is 1.76. The SMILES string of the molecule is COc1cc(-c2cnc3cc(OCCC4CCCN4C(C)C)ccn23)cc(OC(F)F)c1C(=O)NC1CC1. The molecule has 2 aliphatic rings. The van der Waals surface area contributed by atoms with Gasteiger partial charge in [0.2, 0.25) is 0 Å². The molecular weight excluding hydrogens is 494 g/mol. The summed E-state index contributed by atoms with van der Waals surface area (Å²) in [5, 5.41) is 2.81. The largest absolute Gasteiger partial charge is 0.496 e. The van der Waals surface area contributed by atoms with Crippen molar-refractivity contribution in [3.8, 4) is 28.5 Å². The van der Waals surface area contributed by atoms with Crippen LogP contribution in [0.3, 0.4) is 0 Å². The molecule has 1 unspecified atom stereocenters. The zero-order valence-corrected chi connectivity index (χ0v) is 22.0. The van der Waals surface area contributed by atoms with Gasteiger partial charge in [0.25, 0.3) is 5.91 Å². The summed E-state index contributed by atoms with van der Waals surface area (Å²) < 4.78 is 44.6.